The second-order valence-corrected chi connectivity index (χ2v) is 8.16. The van der Waals surface area contributed by atoms with Crippen LogP contribution in [0.4, 0.5) is 11.4 Å². The third-order valence-electron chi connectivity index (χ3n) is 5.13. The van der Waals surface area contributed by atoms with Crippen molar-refractivity contribution in [2.24, 2.45) is 5.92 Å². The highest BCUT2D eigenvalue weighted by Gasteiger charge is 2.28. The SMILES string of the molecule is CC(Cc1ccc(Br)cc1)NC(=O)C1CCN(c2ccccc2[N+](=O)[O-])CC1. The van der Waals surface area contributed by atoms with Gasteiger partial charge in [0, 0.05) is 35.6 Å². The molecule has 1 amide bonds. The van der Waals surface area contributed by atoms with Gasteiger partial charge in [-0.1, -0.05) is 40.2 Å². The summed E-state index contributed by atoms with van der Waals surface area (Å²) in [6.45, 7) is 3.30. The van der Waals surface area contributed by atoms with Crippen molar-refractivity contribution in [2.45, 2.75) is 32.2 Å². The van der Waals surface area contributed by atoms with Crippen molar-refractivity contribution in [2.75, 3.05) is 18.0 Å². The van der Waals surface area contributed by atoms with Crippen molar-refractivity contribution in [3.8, 4) is 0 Å². The minimum atomic E-state index is -0.349. The zero-order chi connectivity index (χ0) is 20.1. The van der Waals surface area contributed by atoms with Gasteiger partial charge in [0.1, 0.15) is 5.69 Å². The first-order valence-corrected chi connectivity index (χ1v) is 10.3. The molecule has 0 radical (unpaired) electrons. The maximum atomic E-state index is 12.6. The van der Waals surface area contributed by atoms with Gasteiger partial charge < -0.3 is 10.2 Å². The van der Waals surface area contributed by atoms with Gasteiger partial charge in [0.2, 0.25) is 5.91 Å². The van der Waals surface area contributed by atoms with Crippen LogP contribution in [0.2, 0.25) is 0 Å². The third kappa shape index (κ3) is 5.10. The predicted molar refractivity (Wildman–Crippen MR) is 113 cm³/mol. The maximum absolute atomic E-state index is 12.6. The van der Waals surface area contributed by atoms with Gasteiger partial charge >= 0.3 is 0 Å². The average Bonchev–Trinajstić information content (AvgIpc) is 2.69. The molecule has 1 N–H and O–H groups in total. The molecule has 1 aliphatic rings. The molecule has 0 bridgehead atoms. The number of rotatable bonds is 6. The molecule has 1 saturated heterocycles. The largest absolute Gasteiger partial charge is 0.366 e. The van der Waals surface area contributed by atoms with Crippen molar-refractivity contribution < 1.29 is 9.72 Å². The fourth-order valence-corrected chi connectivity index (χ4v) is 3.92. The molecule has 1 unspecified atom stereocenters. The first-order valence-electron chi connectivity index (χ1n) is 9.47. The molecule has 6 nitrogen and oxygen atoms in total. The van der Waals surface area contributed by atoms with Gasteiger partial charge in [-0.2, -0.15) is 0 Å². The highest BCUT2D eigenvalue weighted by molar-refractivity contribution is 9.10. The Hall–Kier alpha value is -2.41. The van der Waals surface area contributed by atoms with Crippen LogP contribution in [-0.4, -0.2) is 30.0 Å². The van der Waals surface area contributed by atoms with Crippen LogP contribution in [0.3, 0.4) is 0 Å². The Labute approximate surface area is 173 Å². The van der Waals surface area contributed by atoms with E-state index in [0.717, 1.165) is 10.9 Å². The third-order valence-corrected chi connectivity index (χ3v) is 5.66. The Morgan fingerprint density at radius 2 is 1.86 bits per heavy atom. The van der Waals surface area contributed by atoms with Gasteiger partial charge in [-0.05, 0) is 49.9 Å². The molecule has 0 saturated carbocycles. The molecule has 0 aromatic heterocycles. The molecule has 1 fully saturated rings. The van der Waals surface area contributed by atoms with Crippen LogP contribution in [0, 0.1) is 16.0 Å². The lowest BCUT2D eigenvalue weighted by molar-refractivity contribution is -0.384. The summed E-state index contributed by atoms with van der Waals surface area (Å²) in [5.41, 5.74) is 1.94. The van der Waals surface area contributed by atoms with Gasteiger partial charge in [0.25, 0.3) is 5.69 Å². The van der Waals surface area contributed by atoms with Crippen LogP contribution in [0.15, 0.2) is 53.0 Å². The molecule has 0 spiro atoms. The number of piperidine rings is 1. The minimum absolute atomic E-state index is 0.0496. The Morgan fingerprint density at radius 3 is 2.50 bits per heavy atom. The quantitative estimate of drug-likeness (QED) is 0.530. The molecule has 1 heterocycles. The van der Waals surface area contributed by atoms with Crippen LogP contribution in [0.5, 0.6) is 0 Å². The molecule has 3 rings (SSSR count). The summed E-state index contributed by atoms with van der Waals surface area (Å²) < 4.78 is 1.04. The number of hydrogen-bond donors (Lipinski definition) is 1. The van der Waals surface area contributed by atoms with Crippen molar-refractivity contribution >= 4 is 33.2 Å². The fourth-order valence-electron chi connectivity index (χ4n) is 3.65. The van der Waals surface area contributed by atoms with Crippen LogP contribution in [-0.2, 0) is 11.2 Å². The van der Waals surface area contributed by atoms with E-state index in [1.807, 2.05) is 30.0 Å². The Morgan fingerprint density at radius 1 is 1.21 bits per heavy atom. The number of amides is 1. The normalized spacial score (nSPS) is 15.9. The number of nitro groups is 1. The first kappa shape index (κ1) is 20.3. The van der Waals surface area contributed by atoms with Crippen LogP contribution in [0.1, 0.15) is 25.3 Å². The Balaban J connectivity index is 1.52. The molecule has 2 aromatic rings. The lowest BCUT2D eigenvalue weighted by atomic mass is 9.94. The van der Waals surface area contributed by atoms with Crippen molar-refractivity contribution in [3.63, 3.8) is 0 Å². The molecular weight excluding hydrogens is 422 g/mol. The number of anilines is 1. The number of halogens is 1. The molecule has 28 heavy (non-hydrogen) atoms. The highest BCUT2D eigenvalue weighted by atomic mass is 79.9. The van der Waals surface area contributed by atoms with Crippen LogP contribution < -0.4 is 10.2 Å². The highest BCUT2D eigenvalue weighted by Crippen LogP contribution is 2.31. The van der Waals surface area contributed by atoms with Gasteiger partial charge in [0.05, 0.1) is 4.92 Å². The van der Waals surface area contributed by atoms with Crippen molar-refractivity contribution in [1.29, 1.82) is 0 Å². The number of nitro benzene ring substituents is 1. The lowest BCUT2D eigenvalue weighted by Gasteiger charge is -2.33. The van der Waals surface area contributed by atoms with Gasteiger partial charge in [-0.3, -0.25) is 14.9 Å². The molecule has 0 aliphatic carbocycles. The second-order valence-electron chi connectivity index (χ2n) is 7.25. The standard InChI is InChI=1S/C21H24BrN3O3/c1-15(14-16-6-8-18(22)9-7-16)23-21(26)17-10-12-24(13-11-17)19-4-2-3-5-20(19)25(27)28/h2-9,15,17H,10-14H2,1H3,(H,23,26). The zero-order valence-corrected chi connectivity index (χ0v) is 17.4. The summed E-state index contributed by atoms with van der Waals surface area (Å²) in [7, 11) is 0. The van der Waals surface area contributed by atoms with E-state index >= 15 is 0 Å². The predicted octanol–water partition coefficient (Wildman–Crippen LogP) is 4.32. The van der Waals surface area contributed by atoms with Crippen LogP contribution >= 0.6 is 15.9 Å². The van der Waals surface area contributed by atoms with E-state index in [1.54, 1.807) is 12.1 Å². The van der Waals surface area contributed by atoms with E-state index in [2.05, 4.69) is 33.4 Å². The summed E-state index contributed by atoms with van der Waals surface area (Å²) >= 11 is 3.43. The number of hydrogen-bond acceptors (Lipinski definition) is 4. The van der Waals surface area contributed by atoms with E-state index in [9.17, 15) is 14.9 Å². The van der Waals surface area contributed by atoms with E-state index in [1.165, 1.54) is 11.6 Å². The summed E-state index contributed by atoms with van der Waals surface area (Å²) in [5.74, 6) is 0.0261. The van der Waals surface area contributed by atoms with E-state index in [0.29, 0.717) is 31.6 Å². The van der Waals surface area contributed by atoms with Gasteiger partial charge in [-0.15, -0.1) is 0 Å². The number of carbonyl (C=O) groups is 1. The lowest BCUT2D eigenvalue weighted by Crippen LogP contribution is -2.43. The molecule has 7 heteroatoms. The van der Waals surface area contributed by atoms with Crippen molar-refractivity contribution in [3.05, 3.63) is 68.7 Å². The van der Waals surface area contributed by atoms with Crippen LogP contribution in [0.25, 0.3) is 0 Å². The maximum Gasteiger partial charge on any atom is 0.292 e. The van der Waals surface area contributed by atoms with E-state index < -0.39 is 0 Å². The van der Waals surface area contributed by atoms with E-state index in [-0.39, 0.29) is 28.5 Å². The number of nitrogens with zero attached hydrogens (tertiary/aromatic N) is 2. The number of carbonyl (C=O) groups excluding carboxylic acids is 1. The fraction of sp³-hybridized carbons (Fsp3) is 0.381. The van der Waals surface area contributed by atoms with Gasteiger partial charge in [0.15, 0.2) is 0 Å². The van der Waals surface area contributed by atoms with Gasteiger partial charge in [-0.25, -0.2) is 0 Å². The average molecular weight is 446 g/mol. The molecule has 148 valence electrons. The zero-order valence-electron chi connectivity index (χ0n) is 15.8. The minimum Gasteiger partial charge on any atom is -0.366 e. The molecule has 1 atom stereocenters. The smallest absolute Gasteiger partial charge is 0.292 e. The monoisotopic (exact) mass is 445 g/mol. The van der Waals surface area contributed by atoms with Crippen molar-refractivity contribution in [1.82, 2.24) is 5.32 Å². The first-order chi connectivity index (χ1) is 13.4. The Bertz CT molecular complexity index is 833. The van der Waals surface area contributed by atoms with E-state index in [4.69, 9.17) is 0 Å². The summed E-state index contributed by atoms with van der Waals surface area (Å²) in [6, 6.07) is 15.0. The molecule has 2 aromatic carbocycles. The Kier molecular flexibility index (Phi) is 6.67. The molecule has 1 aliphatic heterocycles. The number of nitrogens with one attached hydrogen (secondary N) is 1. The number of benzene rings is 2. The number of para-hydroxylation sites is 2. The summed E-state index contributed by atoms with van der Waals surface area (Å²) in [6.07, 6.45) is 2.18. The molecular formula is C21H24BrN3O3. The second kappa shape index (κ2) is 9.19. The topological polar surface area (TPSA) is 75.5 Å². The summed E-state index contributed by atoms with van der Waals surface area (Å²) in [4.78, 5) is 25.5. The summed E-state index contributed by atoms with van der Waals surface area (Å²) in [5, 5.41) is 14.4.